The number of likely N-dealkylation sites (tertiary alicyclic amines) is 1. The summed E-state index contributed by atoms with van der Waals surface area (Å²) in [5.41, 5.74) is 0. The number of carboxylic acids is 1. The molecule has 1 aliphatic heterocycles. The van der Waals surface area contributed by atoms with Crippen molar-refractivity contribution in [1.82, 2.24) is 4.90 Å². The Kier molecular flexibility index (Phi) is 3.36. The number of carbonyl (C=O) groups is 3. The second kappa shape index (κ2) is 5.04. The maximum Gasteiger partial charge on any atom is 0.303 e. The van der Waals surface area contributed by atoms with Gasteiger partial charge in [-0.15, -0.1) is 0 Å². The first-order valence-electron chi connectivity index (χ1n) is 7.35. The number of unbranched alkanes of at least 4 members (excludes halogenated alkanes) is 2. The van der Waals surface area contributed by atoms with Crippen LogP contribution in [0, 0.1) is 23.7 Å². The van der Waals surface area contributed by atoms with Crippen molar-refractivity contribution in [2.45, 2.75) is 32.1 Å². The normalized spacial score (nSPS) is 34.1. The molecular weight excluding hydrogens is 258 g/mol. The Morgan fingerprint density at radius 2 is 1.70 bits per heavy atom. The van der Waals surface area contributed by atoms with Crippen molar-refractivity contribution in [3.8, 4) is 0 Å². The standard InChI is InChI=1S/C15H19NO4/c17-11(18)4-2-1-3-7-16-14(19)12-9-5-6-10(8-9)13(12)15(16)20/h5-6,9-10,12-13H,1-4,7-8H2,(H,17,18)/t9-,10-,12?,13?/m1/s1. The van der Waals surface area contributed by atoms with Crippen LogP contribution in [0.5, 0.6) is 0 Å². The van der Waals surface area contributed by atoms with Crippen LogP contribution in [-0.2, 0) is 14.4 Å². The zero-order valence-corrected chi connectivity index (χ0v) is 11.3. The van der Waals surface area contributed by atoms with Crippen LogP contribution in [0.3, 0.4) is 0 Å². The van der Waals surface area contributed by atoms with Gasteiger partial charge in [0.05, 0.1) is 11.8 Å². The molecule has 0 aromatic carbocycles. The number of amides is 2. The first kappa shape index (κ1) is 13.3. The molecule has 1 heterocycles. The molecule has 0 aromatic heterocycles. The zero-order valence-electron chi connectivity index (χ0n) is 11.3. The Morgan fingerprint density at radius 3 is 2.25 bits per heavy atom. The van der Waals surface area contributed by atoms with Crippen LogP contribution < -0.4 is 0 Å². The van der Waals surface area contributed by atoms with E-state index in [2.05, 4.69) is 12.2 Å². The SMILES string of the molecule is O=C(O)CCCCCN1C(=O)C2C(C1=O)[C@@H]1C=C[C@@H]2C1. The fourth-order valence-corrected chi connectivity index (χ4v) is 3.91. The molecule has 1 saturated heterocycles. The quantitative estimate of drug-likeness (QED) is 0.453. The molecule has 5 nitrogen and oxygen atoms in total. The highest BCUT2D eigenvalue weighted by atomic mass is 16.4. The van der Waals surface area contributed by atoms with Crippen LogP contribution >= 0.6 is 0 Å². The average Bonchev–Trinajstić information content (AvgIpc) is 3.06. The van der Waals surface area contributed by atoms with Crippen molar-refractivity contribution >= 4 is 17.8 Å². The maximum atomic E-state index is 12.3. The van der Waals surface area contributed by atoms with E-state index in [4.69, 9.17) is 5.11 Å². The number of hydrogen-bond donors (Lipinski definition) is 1. The minimum Gasteiger partial charge on any atom is -0.481 e. The van der Waals surface area contributed by atoms with E-state index in [9.17, 15) is 14.4 Å². The number of fused-ring (bicyclic) bond motifs is 5. The summed E-state index contributed by atoms with van der Waals surface area (Å²) in [6.45, 7) is 0.448. The third-order valence-corrected chi connectivity index (χ3v) is 4.83. The molecule has 4 atom stereocenters. The van der Waals surface area contributed by atoms with Gasteiger partial charge in [0.2, 0.25) is 11.8 Å². The number of hydrogen-bond acceptors (Lipinski definition) is 3. The molecule has 5 heteroatoms. The fourth-order valence-electron chi connectivity index (χ4n) is 3.91. The molecule has 2 aliphatic carbocycles. The molecule has 0 radical (unpaired) electrons. The first-order valence-corrected chi connectivity index (χ1v) is 7.35. The second-order valence-electron chi connectivity index (χ2n) is 6.03. The number of imide groups is 1. The number of rotatable bonds is 6. The van der Waals surface area contributed by atoms with Crippen LogP contribution in [0.25, 0.3) is 0 Å². The van der Waals surface area contributed by atoms with Crippen LogP contribution in [0.4, 0.5) is 0 Å². The summed E-state index contributed by atoms with van der Waals surface area (Å²) in [7, 11) is 0. The number of nitrogens with zero attached hydrogens (tertiary/aromatic N) is 1. The topological polar surface area (TPSA) is 74.7 Å². The summed E-state index contributed by atoms with van der Waals surface area (Å²) in [6, 6.07) is 0. The van der Waals surface area contributed by atoms with Gasteiger partial charge in [-0.3, -0.25) is 19.3 Å². The number of allylic oxidation sites excluding steroid dienone is 2. The van der Waals surface area contributed by atoms with Crippen molar-refractivity contribution in [2.75, 3.05) is 6.54 Å². The van der Waals surface area contributed by atoms with Crippen LogP contribution in [0.15, 0.2) is 12.2 Å². The van der Waals surface area contributed by atoms with E-state index >= 15 is 0 Å². The Labute approximate surface area is 117 Å². The highest BCUT2D eigenvalue weighted by molar-refractivity contribution is 6.06. The van der Waals surface area contributed by atoms with Gasteiger partial charge in [0, 0.05) is 13.0 Å². The van der Waals surface area contributed by atoms with E-state index in [1.807, 2.05) is 0 Å². The van der Waals surface area contributed by atoms with E-state index in [-0.39, 0.29) is 41.9 Å². The van der Waals surface area contributed by atoms with E-state index in [0.29, 0.717) is 19.4 Å². The van der Waals surface area contributed by atoms with E-state index in [1.165, 1.54) is 4.90 Å². The molecule has 1 saturated carbocycles. The summed E-state index contributed by atoms with van der Waals surface area (Å²) >= 11 is 0. The number of aliphatic carboxylic acids is 1. The lowest BCUT2D eigenvalue weighted by molar-refractivity contribution is -0.141. The summed E-state index contributed by atoms with van der Waals surface area (Å²) in [4.78, 5) is 36.5. The lowest BCUT2D eigenvalue weighted by Crippen LogP contribution is -2.33. The molecule has 2 amide bonds. The Hall–Kier alpha value is -1.65. The van der Waals surface area contributed by atoms with Gasteiger partial charge in [-0.1, -0.05) is 18.6 Å². The summed E-state index contributed by atoms with van der Waals surface area (Å²) < 4.78 is 0. The van der Waals surface area contributed by atoms with Gasteiger partial charge in [-0.2, -0.15) is 0 Å². The molecule has 2 bridgehead atoms. The van der Waals surface area contributed by atoms with Gasteiger partial charge in [-0.25, -0.2) is 0 Å². The van der Waals surface area contributed by atoms with Crippen molar-refractivity contribution in [1.29, 1.82) is 0 Å². The third-order valence-electron chi connectivity index (χ3n) is 4.83. The molecule has 2 unspecified atom stereocenters. The van der Waals surface area contributed by atoms with Gasteiger partial charge in [-0.05, 0) is 31.1 Å². The highest BCUT2D eigenvalue weighted by Crippen LogP contribution is 2.52. The van der Waals surface area contributed by atoms with Gasteiger partial charge < -0.3 is 5.11 Å². The van der Waals surface area contributed by atoms with Crippen molar-refractivity contribution < 1.29 is 19.5 Å². The largest absolute Gasteiger partial charge is 0.481 e. The molecule has 2 fully saturated rings. The van der Waals surface area contributed by atoms with Gasteiger partial charge >= 0.3 is 5.97 Å². The van der Waals surface area contributed by atoms with E-state index < -0.39 is 5.97 Å². The summed E-state index contributed by atoms with van der Waals surface area (Å²) in [6.07, 6.45) is 7.34. The maximum absolute atomic E-state index is 12.3. The Balaban J connectivity index is 1.53. The fraction of sp³-hybridized carbons (Fsp3) is 0.667. The monoisotopic (exact) mass is 277 g/mol. The van der Waals surface area contributed by atoms with Crippen molar-refractivity contribution in [2.24, 2.45) is 23.7 Å². The molecule has 20 heavy (non-hydrogen) atoms. The minimum atomic E-state index is -0.796. The predicted molar refractivity (Wildman–Crippen MR) is 70.5 cm³/mol. The summed E-state index contributed by atoms with van der Waals surface area (Å²) in [5.74, 6) is -0.509. The van der Waals surface area contributed by atoms with Crippen LogP contribution in [-0.4, -0.2) is 34.3 Å². The lowest BCUT2D eigenvalue weighted by atomic mass is 9.85. The van der Waals surface area contributed by atoms with Crippen LogP contribution in [0.1, 0.15) is 32.1 Å². The van der Waals surface area contributed by atoms with E-state index in [1.54, 1.807) is 0 Å². The van der Waals surface area contributed by atoms with Crippen LogP contribution in [0.2, 0.25) is 0 Å². The number of carbonyl (C=O) groups excluding carboxylic acids is 2. The molecule has 3 aliphatic rings. The van der Waals surface area contributed by atoms with Gasteiger partial charge in [0.25, 0.3) is 0 Å². The molecule has 3 rings (SSSR count). The van der Waals surface area contributed by atoms with E-state index in [0.717, 1.165) is 12.8 Å². The Bertz CT molecular complexity index is 454. The zero-order chi connectivity index (χ0) is 14.3. The highest BCUT2D eigenvalue weighted by Gasteiger charge is 2.58. The number of carboxylic acid groups (broad SMARTS) is 1. The molecule has 108 valence electrons. The first-order chi connectivity index (χ1) is 9.59. The third kappa shape index (κ3) is 2.05. The second-order valence-corrected chi connectivity index (χ2v) is 6.03. The average molecular weight is 277 g/mol. The lowest BCUT2D eigenvalue weighted by Gasteiger charge is -2.16. The Morgan fingerprint density at radius 1 is 1.10 bits per heavy atom. The molecule has 1 N–H and O–H groups in total. The van der Waals surface area contributed by atoms with Gasteiger partial charge in [0.15, 0.2) is 0 Å². The predicted octanol–water partition coefficient (Wildman–Crippen LogP) is 1.44. The molecular formula is C15H19NO4. The minimum absolute atomic E-state index is 0.00455. The van der Waals surface area contributed by atoms with Crippen molar-refractivity contribution in [3.63, 3.8) is 0 Å². The van der Waals surface area contributed by atoms with Gasteiger partial charge in [0.1, 0.15) is 0 Å². The smallest absolute Gasteiger partial charge is 0.303 e. The van der Waals surface area contributed by atoms with Crippen molar-refractivity contribution in [3.05, 3.63) is 12.2 Å². The summed E-state index contributed by atoms with van der Waals surface area (Å²) in [5, 5.41) is 8.56. The molecule has 0 aromatic rings. The molecule has 0 spiro atoms.